The number of fused-ring (bicyclic) bond motifs is 1. The highest BCUT2D eigenvalue weighted by Gasteiger charge is 2.29. The molecule has 3 aromatic rings. The van der Waals surface area contributed by atoms with Crippen molar-refractivity contribution >= 4 is 43.5 Å². The van der Waals surface area contributed by atoms with E-state index in [-0.39, 0.29) is 23.1 Å². The van der Waals surface area contributed by atoms with Crippen molar-refractivity contribution in [2.75, 3.05) is 26.9 Å². The summed E-state index contributed by atoms with van der Waals surface area (Å²) in [4.78, 5) is 30.3. The Morgan fingerprint density at radius 1 is 1.03 bits per heavy atom. The Hall–Kier alpha value is -2.86. The van der Waals surface area contributed by atoms with Gasteiger partial charge in [0.25, 0.3) is 5.91 Å². The molecule has 0 spiro atoms. The first-order valence-corrected chi connectivity index (χ1v) is 15.6. The fourth-order valence-electron chi connectivity index (χ4n) is 4.74. The smallest absolute Gasteiger partial charge is 0.338 e. The maximum absolute atomic E-state index is 13.2. The maximum atomic E-state index is 13.2. The zero-order valence-electron chi connectivity index (χ0n) is 22.6. The first-order valence-electron chi connectivity index (χ1n) is 13.3. The van der Waals surface area contributed by atoms with Crippen LogP contribution in [0.2, 0.25) is 0 Å². The van der Waals surface area contributed by atoms with E-state index in [1.165, 1.54) is 39.9 Å². The van der Waals surface area contributed by atoms with Crippen LogP contribution in [-0.2, 0) is 26.0 Å². The molecule has 0 bridgehead atoms. The van der Waals surface area contributed by atoms with Gasteiger partial charge in [-0.1, -0.05) is 30.6 Å². The lowest BCUT2D eigenvalue weighted by molar-refractivity contribution is 0.0526. The minimum atomic E-state index is -3.65. The number of hydrogen-bond donors (Lipinski definition) is 0. The van der Waals surface area contributed by atoms with Crippen molar-refractivity contribution in [2.24, 2.45) is 4.99 Å². The molecule has 1 saturated carbocycles. The molecule has 1 aliphatic carbocycles. The first-order chi connectivity index (χ1) is 18.8. The summed E-state index contributed by atoms with van der Waals surface area (Å²) >= 11 is 1.29. The lowest BCUT2D eigenvalue weighted by Gasteiger charge is -2.30. The van der Waals surface area contributed by atoms with Crippen molar-refractivity contribution in [2.45, 2.75) is 63.4 Å². The second-order valence-corrected chi connectivity index (χ2v) is 12.4. The molecule has 4 rings (SSSR count). The third-order valence-corrected chi connectivity index (χ3v) is 9.89. The van der Waals surface area contributed by atoms with Crippen LogP contribution in [0.4, 0.5) is 0 Å². The summed E-state index contributed by atoms with van der Waals surface area (Å²) in [7, 11) is -2.02. The van der Waals surface area contributed by atoms with E-state index in [9.17, 15) is 18.0 Å². The van der Waals surface area contributed by atoms with E-state index in [0.29, 0.717) is 30.1 Å². The van der Waals surface area contributed by atoms with E-state index in [1.54, 1.807) is 26.1 Å². The topological polar surface area (TPSA) is 107 Å². The highest BCUT2D eigenvalue weighted by molar-refractivity contribution is 7.89. The summed E-state index contributed by atoms with van der Waals surface area (Å²) in [5, 5.41) is 0. The van der Waals surface area contributed by atoms with Crippen LogP contribution in [0.3, 0.4) is 0 Å². The molecule has 1 heterocycles. The fraction of sp³-hybridized carbons (Fsp3) is 0.464. The van der Waals surface area contributed by atoms with Gasteiger partial charge in [0, 0.05) is 31.8 Å². The average Bonchev–Trinajstić information content (AvgIpc) is 3.29. The molecule has 0 N–H and O–H groups in total. The molecule has 0 radical (unpaired) electrons. The van der Waals surface area contributed by atoms with Gasteiger partial charge < -0.3 is 14.0 Å². The second kappa shape index (κ2) is 13.0. The van der Waals surface area contributed by atoms with Crippen LogP contribution < -0.4 is 4.80 Å². The predicted molar refractivity (Wildman–Crippen MR) is 150 cm³/mol. The number of aromatic nitrogens is 1. The van der Waals surface area contributed by atoms with Gasteiger partial charge >= 0.3 is 5.97 Å². The summed E-state index contributed by atoms with van der Waals surface area (Å²) in [6, 6.07) is 11.2. The molecule has 1 amide bonds. The van der Waals surface area contributed by atoms with E-state index in [4.69, 9.17) is 9.47 Å². The van der Waals surface area contributed by atoms with Gasteiger partial charge in [0.1, 0.15) is 0 Å². The van der Waals surface area contributed by atoms with Gasteiger partial charge in [0.15, 0.2) is 4.80 Å². The fourth-order valence-corrected chi connectivity index (χ4v) is 7.25. The molecule has 0 atom stereocenters. The van der Waals surface area contributed by atoms with Crippen LogP contribution in [0.1, 0.15) is 66.7 Å². The van der Waals surface area contributed by atoms with E-state index < -0.39 is 21.9 Å². The highest BCUT2D eigenvalue weighted by atomic mass is 32.2. The number of amides is 1. The second-order valence-electron chi connectivity index (χ2n) is 9.39. The molecular weight excluding hydrogens is 538 g/mol. The van der Waals surface area contributed by atoms with Crippen LogP contribution in [0.15, 0.2) is 52.4 Å². The maximum Gasteiger partial charge on any atom is 0.338 e. The Balaban J connectivity index is 1.63. The van der Waals surface area contributed by atoms with E-state index >= 15 is 0 Å². The number of carbonyl (C=O) groups is 2. The van der Waals surface area contributed by atoms with Crippen molar-refractivity contribution in [3.8, 4) is 0 Å². The van der Waals surface area contributed by atoms with Gasteiger partial charge in [0.2, 0.25) is 10.0 Å². The number of esters is 1. The molecule has 2 aromatic carbocycles. The molecule has 39 heavy (non-hydrogen) atoms. The summed E-state index contributed by atoms with van der Waals surface area (Å²) in [6.07, 6.45) is 4.94. The van der Waals surface area contributed by atoms with Gasteiger partial charge in [-0.05, 0) is 69.2 Å². The SMILES string of the molecule is CCOCCn1c(=NC(=O)c2ccc(S(=O)(=O)N(C)C3CCCCC3)cc2)sc2cc(C(=O)OCC)ccc21. The Morgan fingerprint density at radius 2 is 1.72 bits per heavy atom. The standard InChI is InChI=1S/C28H35N3O6S2/c1-4-36-18-17-31-24-16-13-21(27(33)37-5-2)19-25(24)38-28(31)29-26(32)20-11-14-23(15-12-20)39(34,35)30(3)22-9-7-6-8-10-22/h11-16,19,22H,4-10,17-18H2,1-3H3. The molecule has 1 fully saturated rings. The normalized spacial score (nSPS) is 15.2. The van der Waals surface area contributed by atoms with Gasteiger partial charge in [0.05, 0.1) is 33.9 Å². The number of rotatable bonds is 10. The molecule has 1 aliphatic rings. The van der Waals surface area contributed by atoms with Gasteiger partial charge in [-0.25, -0.2) is 13.2 Å². The van der Waals surface area contributed by atoms with E-state index in [0.717, 1.165) is 42.3 Å². The Kier molecular flexibility index (Phi) is 9.71. The number of benzene rings is 2. The van der Waals surface area contributed by atoms with Crippen molar-refractivity contribution < 1.29 is 27.5 Å². The van der Waals surface area contributed by atoms with Gasteiger partial charge in [-0.15, -0.1) is 0 Å². The third-order valence-electron chi connectivity index (χ3n) is 6.92. The van der Waals surface area contributed by atoms with Crippen LogP contribution in [0.25, 0.3) is 10.2 Å². The minimum absolute atomic E-state index is 0.00416. The summed E-state index contributed by atoms with van der Waals surface area (Å²) in [6.45, 7) is 5.41. The van der Waals surface area contributed by atoms with Crippen molar-refractivity contribution in [3.05, 3.63) is 58.4 Å². The zero-order chi connectivity index (χ0) is 28.0. The number of thiazole rings is 1. The molecule has 11 heteroatoms. The van der Waals surface area contributed by atoms with E-state index in [1.807, 2.05) is 17.6 Å². The van der Waals surface area contributed by atoms with Crippen molar-refractivity contribution in [3.63, 3.8) is 0 Å². The zero-order valence-corrected chi connectivity index (χ0v) is 24.2. The predicted octanol–water partition coefficient (Wildman–Crippen LogP) is 4.61. The van der Waals surface area contributed by atoms with Crippen LogP contribution in [0.5, 0.6) is 0 Å². The molecule has 0 aliphatic heterocycles. The molecule has 210 valence electrons. The average molecular weight is 574 g/mol. The number of carbonyl (C=O) groups excluding carboxylic acids is 2. The molecular formula is C28H35N3O6S2. The third kappa shape index (κ3) is 6.66. The quantitative estimate of drug-likeness (QED) is 0.259. The summed E-state index contributed by atoms with van der Waals surface area (Å²) < 4.78 is 41.1. The van der Waals surface area contributed by atoms with Crippen LogP contribution >= 0.6 is 11.3 Å². The number of hydrogen-bond acceptors (Lipinski definition) is 7. The van der Waals surface area contributed by atoms with Crippen LogP contribution in [-0.4, -0.2) is 62.1 Å². The monoisotopic (exact) mass is 573 g/mol. The molecule has 1 aromatic heterocycles. The van der Waals surface area contributed by atoms with Gasteiger partial charge in [-0.3, -0.25) is 4.79 Å². The number of ether oxygens (including phenoxy) is 2. The molecule has 0 saturated heterocycles. The van der Waals surface area contributed by atoms with Crippen LogP contribution in [0, 0.1) is 0 Å². The number of nitrogens with zero attached hydrogens (tertiary/aromatic N) is 3. The van der Waals surface area contributed by atoms with Gasteiger partial charge in [-0.2, -0.15) is 9.30 Å². The lowest BCUT2D eigenvalue weighted by Crippen LogP contribution is -2.38. The lowest BCUT2D eigenvalue weighted by atomic mass is 9.96. The highest BCUT2D eigenvalue weighted by Crippen LogP contribution is 2.27. The van der Waals surface area contributed by atoms with Crippen molar-refractivity contribution in [1.29, 1.82) is 0 Å². The first kappa shape index (κ1) is 29.1. The largest absolute Gasteiger partial charge is 0.462 e. The molecule has 9 nitrogen and oxygen atoms in total. The molecule has 0 unspecified atom stereocenters. The number of sulfonamides is 1. The summed E-state index contributed by atoms with van der Waals surface area (Å²) in [5.74, 6) is -0.894. The van der Waals surface area contributed by atoms with E-state index in [2.05, 4.69) is 4.99 Å². The Labute approximate surface area is 233 Å². The van der Waals surface area contributed by atoms with Crippen molar-refractivity contribution in [1.82, 2.24) is 8.87 Å². The Morgan fingerprint density at radius 3 is 2.38 bits per heavy atom. The summed E-state index contributed by atoms with van der Waals surface area (Å²) in [5.41, 5.74) is 1.54. The Bertz CT molecular complexity index is 1490. The minimum Gasteiger partial charge on any atom is -0.462 e.